The molecular weight excluding hydrogens is 214 g/mol. The van der Waals surface area contributed by atoms with Crippen LogP contribution in [-0.2, 0) is 4.79 Å². The van der Waals surface area contributed by atoms with Crippen molar-refractivity contribution < 1.29 is 9.53 Å². The first-order valence-electron chi connectivity index (χ1n) is 6.02. The molecule has 1 amide bonds. The fraction of sp³-hybridized carbons (Fsp3) is 0.500. The third-order valence-electron chi connectivity index (χ3n) is 2.71. The van der Waals surface area contributed by atoms with Crippen LogP contribution >= 0.6 is 0 Å². The summed E-state index contributed by atoms with van der Waals surface area (Å²) in [6.07, 6.45) is 0.508. The average molecular weight is 235 g/mol. The molecule has 1 unspecified atom stereocenters. The van der Waals surface area contributed by atoms with Crippen molar-refractivity contribution in [1.82, 2.24) is 5.32 Å². The number of amides is 1. The number of hydrogen-bond acceptors (Lipinski definition) is 2. The summed E-state index contributed by atoms with van der Waals surface area (Å²) in [4.78, 5) is 11.2. The fourth-order valence-electron chi connectivity index (χ4n) is 1.44. The van der Waals surface area contributed by atoms with Crippen molar-refractivity contribution in [3.63, 3.8) is 0 Å². The second-order valence-corrected chi connectivity index (χ2v) is 4.38. The summed E-state index contributed by atoms with van der Waals surface area (Å²) >= 11 is 0. The van der Waals surface area contributed by atoms with E-state index in [1.54, 1.807) is 0 Å². The van der Waals surface area contributed by atoms with E-state index in [0.717, 1.165) is 5.75 Å². The van der Waals surface area contributed by atoms with E-state index in [2.05, 4.69) is 19.2 Å². The Morgan fingerprint density at radius 1 is 1.35 bits per heavy atom. The first kappa shape index (κ1) is 13.6. The zero-order valence-electron chi connectivity index (χ0n) is 11.0. The van der Waals surface area contributed by atoms with Crippen molar-refractivity contribution in [3.8, 4) is 5.75 Å². The lowest BCUT2D eigenvalue weighted by molar-refractivity contribution is -0.121. The molecule has 1 N–H and O–H groups in total. The first-order chi connectivity index (χ1) is 8.02. The van der Waals surface area contributed by atoms with Gasteiger partial charge in [0.25, 0.3) is 0 Å². The maximum atomic E-state index is 11.2. The van der Waals surface area contributed by atoms with Crippen molar-refractivity contribution >= 4 is 5.91 Å². The number of nitrogens with one attached hydrogen (secondary N) is 1. The van der Waals surface area contributed by atoms with Gasteiger partial charge in [-0.1, -0.05) is 13.0 Å². The molecule has 0 bridgehead atoms. The highest BCUT2D eigenvalue weighted by Gasteiger charge is 2.06. The highest BCUT2D eigenvalue weighted by atomic mass is 16.5. The molecule has 0 heterocycles. The van der Waals surface area contributed by atoms with Crippen molar-refractivity contribution in [1.29, 1.82) is 0 Å². The quantitative estimate of drug-likeness (QED) is 0.852. The molecule has 0 saturated carbocycles. The van der Waals surface area contributed by atoms with Crippen molar-refractivity contribution in [2.24, 2.45) is 0 Å². The smallest absolute Gasteiger partial charge is 0.220 e. The topological polar surface area (TPSA) is 38.3 Å². The molecule has 1 atom stereocenters. The molecule has 94 valence electrons. The van der Waals surface area contributed by atoms with E-state index in [0.29, 0.717) is 13.0 Å². The van der Waals surface area contributed by atoms with Gasteiger partial charge in [-0.25, -0.2) is 0 Å². The van der Waals surface area contributed by atoms with Crippen LogP contribution in [0, 0.1) is 13.8 Å². The highest BCUT2D eigenvalue weighted by molar-refractivity contribution is 5.75. The second kappa shape index (κ2) is 6.28. The summed E-state index contributed by atoms with van der Waals surface area (Å²) in [5.74, 6) is 0.909. The van der Waals surface area contributed by atoms with Crippen molar-refractivity contribution in [2.45, 2.75) is 40.2 Å². The molecule has 0 radical (unpaired) electrons. The maximum Gasteiger partial charge on any atom is 0.220 e. The monoisotopic (exact) mass is 235 g/mol. The lowest BCUT2D eigenvalue weighted by Crippen LogP contribution is -2.36. The molecule has 0 aliphatic rings. The van der Waals surface area contributed by atoms with Crippen LogP contribution < -0.4 is 10.1 Å². The third-order valence-corrected chi connectivity index (χ3v) is 2.71. The molecule has 0 spiro atoms. The fourth-order valence-corrected chi connectivity index (χ4v) is 1.44. The zero-order chi connectivity index (χ0) is 12.8. The Labute approximate surface area is 103 Å². The van der Waals surface area contributed by atoms with E-state index in [1.165, 1.54) is 11.1 Å². The van der Waals surface area contributed by atoms with Crippen LogP contribution in [-0.4, -0.2) is 18.6 Å². The molecular formula is C14H21NO2. The van der Waals surface area contributed by atoms with Gasteiger partial charge in [0.1, 0.15) is 12.4 Å². The molecule has 1 rings (SSSR count). The number of benzene rings is 1. The van der Waals surface area contributed by atoms with Crippen LogP contribution in [0.2, 0.25) is 0 Å². The minimum absolute atomic E-state index is 0.0315. The van der Waals surface area contributed by atoms with E-state index < -0.39 is 0 Å². The predicted molar refractivity (Wildman–Crippen MR) is 69.3 cm³/mol. The van der Waals surface area contributed by atoms with Gasteiger partial charge in [-0.15, -0.1) is 0 Å². The molecule has 3 heteroatoms. The van der Waals surface area contributed by atoms with Gasteiger partial charge in [-0.05, 0) is 44.0 Å². The first-order valence-corrected chi connectivity index (χ1v) is 6.02. The standard InChI is InChI=1S/C14H21NO2/c1-5-14(16)15-12(4)9-17-13-7-6-10(2)11(3)8-13/h6-8,12H,5,9H2,1-4H3,(H,15,16). The Hall–Kier alpha value is -1.51. The Bertz CT molecular complexity index is 388. The van der Waals surface area contributed by atoms with Crippen LogP contribution in [0.15, 0.2) is 18.2 Å². The van der Waals surface area contributed by atoms with Crippen molar-refractivity contribution in [3.05, 3.63) is 29.3 Å². The van der Waals surface area contributed by atoms with Gasteiger partial charge in [0.2, 0.25) is 5.91 Å². The number of aryl methyl sites for hydroxylation is 2. The molecule has 1 aromatic rings. The van der Waals surface area contributed by atoms with E-state index in [-0.39, 0.29) is 11.9 Å². The highest BCUT2D eigenvalue weighted by Crippen LogP contribution is 2.16. The van der Waals surface area contributed by atoms with E-state index in [1.807, 2.05) is 32.0 Å². The number of hydrogen-bond donors (Lipinski definition) is 1. The largest absolute Gasteiger partial charge is 0.491 e. The Balaban J connectivity index is 2.44. The summed E-state index contributed by atoms with van der Waals surface area (Å²) in [6.45, 7) is 8.41. The molecule has 0 fully saturated rings. The van der Waals surface area contributed by atoms with Crippen LogP contribution in [0.1, 0.15) is 31.4 Å². The van der Waals surface area contributed by atoms with Crippen LogP contribution in [0.3, 0.4) is 0 Å². The lowest BCUT2D eigenvalue weighted by atomic mass is 10.1. The summed E-state index contributed by atoms with van der Waals surface area (Å²) in [5.41, 5.74) is 2.47. The van der Waals surface area contributed by atoms with Gasteiger partial charge in [-0.3, -0.25) is 4.79 Å². The predicted octanol–water partition coefficient (Wildman–Crippen LogP) is 2.60. The molecule has 0 aliphatic carbocycles. The summed E-state index contributed by atoms with van der Waals surface area (Å²) in [6, 6.07) is 6.05. The molecule has 0 aromatic heterocycles. The van der Waals surface area contributed by atoms with Gasteiger partial charge in [0.05, 0.1) is 6.04 Å². The Morgan fingerprint density at radius 2 is 2.06 bits per heavy atom. The minimum atomic E-state index is 0.0315. The van der Waals surface area contributed by atoms with Gasteiger partial charge in [0, 0.05) is 6.42 Å². The Morgan fingerprint density at radius 3 is 2.65 bits per heavy atom. The minimum Gasteiger partial charge on any atom is -0.491 e. The number of carbonyl (C=O) groups is 1. The number of carbonyl (C=O) groups excluding carboxylic acids is 1. The number of ether oxygens (including phenoxy) is 1. The molecule has 3 nitrogen and oxygen atoms in total. The maximum absolute atomic E-state index is 11.2. The molecule has 17 heavy (non-hydrogen) atoms. The zero-order valence-corrected chi connectivity index (χ0v) is 11.0. The van der Waals surface area contributed by atoms with Gasteiger partial charge >= 0.3 is 0 Å². The van der Waals surface area contributed by atoms with E-state index in [9.17, 15) is 4.79 Å². The van der Waals surface area contributed by atoms with Crippen LogP contribution in [0.25, 0.3) is 0 Å². The van der Waals surface area contributed by atoms with Gasteiger partial charge in [-0.2, -0.15) is 0 Å². The summed E-state index contributed by atoms with van der Waals surface area (Å²) < 4.78 is 5.63. The molecule has 0 saturated heterocycles. The second-order valence-electron chi connectivity index (χ2n) is 4.38. The van der Waals surface area contributed by atoms with Crippen LogP contribution in [0.4, 0.5) is 0 Å². The normalized spacial score (nSPS) is 12.0. The van der Waals surface area contributed by atoms with Crippen molar-refractivity contribution in [2.75, 3.05) is 6.61 Å². The van der Waals surface area contributed by atoms with Gasteiger partial charge < -0.3 is 10.1 Å². The molecule has 0 aliphatic heterocycles. The van der Waals surface area contributed by atoms with E-state index in [4.69, 9.17) is 4.74 Å². The summed E-state index contributed by atoms with van der Waals surface area (Å²) in [5, 5.41) is 2.86. The summed E-state index contributed by atoms with van der Waals surface area (Å²) in [7, 11) is 0. The van der Waals surface area contributed by atoms with Gasteiger partial charge in [0.15, 0.2) is 0 Å². The Kier molecular flexibility index (Phi) is 5.01. The van der Waals surface area contributed by atoms with E-state index >= 15 is 0 Å². The molecule has 1 aromatic carbocycles. The third kappa shape index (κ3) is 4.47. The number of rotatable bonds is 5. The SMILES string of the molecule is CCC(=O)NC(C)COc1ccc(C)c(C)c1. The lowest BCUT2D eigenvalue weighted by Gasteiger charge is -2.15. The average Bonchev–Trinajstić information content (AvgIpc) is 2.30. The van der Waals surface area contributed by atoms with Crippen LogP contribution in [0.5, 0.6) is 5.75 Å².